The van der Waals surface area contributed by atoms with Gasteiger partial charge in [-0.1, -0.05) is 0 Å². The summed E-state index contributed by atoms with van der Waals surface area (Å²) in [5.74, 6) is 0.494. The number of nitrogens with two attached hydrogens (primary N) is 1. The lowest BCUT2D eigenvalue weighted by Gasteiger charge is -2.11. The molecule has 1 aromatic rings. The van der Waals surface area contributed by atoms with E-state index in [1.807, 2.05) is 0 Å². The molecule has 0 atom stereocenters. The van der Waals surface area contributed by atoms with Crippen molar-refractivity contribution in [3.05, 3.63) is 16.7 Å². The number of anilines is 2. The molecule has 0 spiro atoms. The maximum atomic E-state index is 10.9. The minimum absolute atomic E-state index is 0.150. The summed E-state index contributed by atoms with van der Waals surface area (Å²) in [6.45, 7) is 0. The van der Waals surface area contributed by atoms with Gasteiger partial charge in [0.15, 0.2) is 5.82 Å². The van der Waals surface area contributed by atoms with Crippen LogP contribution >= 0.6 is 0 Å². The van der Waals surface area contributed by atoms with Gasteiger partial charge in [-0.05, 0) is 0 Å². The Morgan fingerprint density at radius 1 is 1.64 bits per heavy atom. The molecule has 1 rings (SSSR count). The number of nitrogen functional groups attached to an aromatic ring is 1. The highest BCUT2D eigenvalue weighted by Gasteiger charge is 2.04. The van der Waals surface area contributed by atoms with Crippen molar-refractivity contribution in [1.29, 1.82) is 0 Å². The molecule has 0 bridgehead atoms. The highest BCUT2D eigenvalue weighted by Crippen LogP contribution is 2.09. The first-order chi connectivity index (χ1) is 5.13. The average Bonchev–Trinajstić information content (AvgIpc) is 1.94. The monoisotopic (exact) mass is 154 g/mol. The van der Waals surface area contributed by atoms with Crippen molar-refractivity contribution in [1.82, 2.24) is 9.97 Å². The molecule has 0 radical (unpaired) electrons. The van der Waals surface area contributed by atoms with Gasteiger partial charge in [0.2, 0.25) is 0 Å². The van der Waals surface area contributed by atoms with E-state index < -0.39 is 0 Å². The lowest BCUT2D eigenvalue weighted by atomic mass is 10.4. The molecule has 3 N–H and O–H groups in total. The van der Waals surface area contributed by atoms with Gasteiger partial charge in [-0.3, -0.25) is 4.79 Å². The van der Waals surface area contributed by atoms with Crippen LogP contribution in [0.25, 0.3) is 0 Å². The summed E-state index contributed by atoms with van der Waals surface area (Å²) in [6, 6.07) is 0. The third-order valence-electron chi connectivity index (χ3n) is 1.29. The molecule has 0 saturated heterocycles. The zero-order chi connectivity index (χ0) is 8.43. The number of aromatic nitrogens is 2. The standard InChI is InChI=1S/C6H10N4O/c1-10(2)5-4(7)6(11)9-3-8-5/h3H,7H2,1-2H3,(H,8,9,11). The molecule has 60 valence electrons. The highest BCUT2D eigenvalue weighted by molar-refractivity contribution is 5.59. The maximum Gasteiger partial charge on any atom is 0.276 e. The summed E-state index contributed by atoms with van der Waals surface area (Å²) in [5.41, 5.74) is 5.28. The van der Waals surface area contributed by atoms with Crippen LogP contribution in [0.1, 0.15) is 0 Å². The normalized spacial score (nSPS) is 9.64. The first-order valence-electron chi connectivity index (χ1n) is 3.13. The van der Waals surface area contributed by atoms with E-state index in [0.717, 1.165) is 0 Å². The first kappa shape index (κ1) is 7.59. The van der Waals surface area contributed by atoms with Crippen LogP contribution in [-0.2, 0) is 0 Å². The van der Waals surface area contributed by atoms with Crippen molar-refractivity contribution in [2.24, 2.45) is 0 Å². The van der Waals surface area contributed by atoms with Crippen LogP contribution in [0.5, 0.6) is 0 Å². The Morgan fingerprint density at radius 2 is 2.27 bits per heavy atom. The van der Waals surface area contributed by atoms with Crippen LogP contribution in [0.2, 0.25) is 0 Å². The Hall–Kier alpha value is -1.52. The van der Waals surface area contributed by atoms with Gasteiger partial charge in [0.1, 0.15) is 5.69 Å². The lowest BCUT2D eigenvalue weighted by Crippen LogP contribution is -2.20. The first-order valence-corrected chi connectivity index (χ1v) is 3.13. The fourth-order valence-corrected chi connectivity index (χ4v) is 0.757. The molecule has 0 aliphatic heterocycles. The highest BCUT2D eigenvalue weighted by atomic mass is 16.1. The predicted octanol–water partition coefficient (Wildman–Crippen LogP) is -0.582. The van der Waals surface area contributed by atoms with Gasteiger partial charge < -0.3 is 15.6 Å². The van der Waals surface area contributed by atoms with E-state index in [0.29, 0.717) is 5.82 Å². The molecule has 0 saturated carbocycles. The van der Waals surface area contributed by atoms with E-state index in [9.17, 15) is 4.79 Å². The molecule has 0 unspecified atom stereocenters. The number of nitrogens with zero attached hydrogens (tertiary/aromatic N) is 2. The number of aromatic amines is 1. The third-order valence-corrected chi connectivity index (χ3v) is 1.29. The molecule has 0 aliphatic carbocycles. The van der Waals surface area contributed by atoms with E-state index in [4.69, 9.17) is 5.73 Å². The lowest BCUT2D eigenvalue weighted by molar-refractivity contribution is 1.03. The number of hydrogen-bond donors (Lipinski definition) is 2. The molecule has 5 nitrogen and oxygen atoms in total. The topological polar surface area (TPSA) is 75.0 Å². The second-order valence-electron chi connectivity index (χ2n) is 2.36. The van der Waals surface area contributed by atoms with Crippen LogP contribution < -0.4 is 16.2 Å². The van der Waals surface area contributed by atoms with Crippen molar-refractivity contribution < 1.29 is 0 Å². The molecule has 5 heteroatoms. The number of hydrogen-bond acceptors (Lipinski definition) is 4. The predicted molar refractivity (Wildman–Crippen MR) is 43.6 cm³/mol. The molecule has 11 heavy (non-hydrogen) atoms. The van der Waals surface area contributed by atoms with Gasteiger partial charge in [0.05, 0.1) is 6.33 Å². The van der Waals surface area contributed by atoms with Gasteiger partial charge in [-0.25, -0.2) is 4.98 Å². The Bertz CT molecular complexity index is 304. The zero-order valence-electron chi connectivity index (χ0n) is 6.46. The van der Waals surface area contributed by atoms with Gasteiger partial charge in [0.25, 0.3) is 5.56 Å². The fourth-order valence-electron chi connectivity index (χ4n) is 0.757. The molecule has 1 heterocycles. The Kier molecular flexibility index (Phi) is 1.80. The van der Waals surface area contributed by atoms with Gasteiger partial charge >= 0.3 is 0 Å². The van der Waals surface area contributed by atoms with Gasteiger partial charge in [-0.15, -0.1) is 0 Å². The average molecular weight is 154 g/mol. The number of H-pyrrole nitrogens is 1. The van der Waals surface area contributed by atoms with Crippen LogP contribution in [-0.4, -0.2) is 24.1 Å². The Morgan fingerprint density at radius 3 is 2.73 bits per heavy atom. The molecule has 0 aromatic carbocycles. The van der Waals surface area contributed by atoms with E-state index >= 15 is 0 Å². The minimum atomic E-state index is -0.302. The van der Waals surface area contributed by atoms with Crippen molar-refractivity contribution in [2.75, 3.05) is 24.7 Å². The van der Waals surface area contributed by atoms with E-state index in [2.05, 4.69) is 9.97 Å². The number of nitrogens with one attached hydrogen (secondary N) is 1. The second-order valence-corrected chi connectivity index (χ2v) is 2.36. The fraction of sp³-hybridized carbons (Fsp3) is 0.333. The van der Waals surface area contributed by atoms with Crippen LogP contribution in [0.15, 0.2) is 11.1 Å². The second kappa shape index (κ2) is 2.61. The summed E-state index contributed by atoms with van der Waals surface area (Å²) < 4.78 is 0. The van der Waals surface area contributed by atoms with Crippen LogP contribution in [0.4, 0.5) is 11.5 Å². The molecule has 0 amide bonds. The van der Waals surface area contributed by atoms with Gasteiger partial charge in [-0.2, -0.15) is 0 Å². The summed E-state index contributed by atoms with van der Waals surface area (Å²) in [7, 11) is 3.55. The quantitative estimate of drug-likeness (QED) is 0.567. The number of rotatable bonds is 1. The molecular formula is C6H10N4O. The van der Waals surface area contributed by atoms with Gasteiger partial charge in [0, 0.05) is 14.1 Å². The molecule has 1 aromatic heterocycles. The maximum absolute atomic E-state index is 10.9. The van der Waals surface area contributed by atoms with E-state index in [1.54, 1.807) is 19.0 Å². The summed E-state index contributed by atoms with van der Waals surface area (Å²) in [4.78, 5) is 18.8. The van der Waals surface area contributed by atoms with Crippen molar-refractivity contribution in [3.8, 4) is 0 Å². The summed E-state index contributed by atoms with van der Waals surface area (Å²) in [6.07, 6.45) is 1.33. The molecule has 0 fully saturated rings. The summed E-state index contributed by atoms with van der Waals surface area (Å²) in [5, 5.41) is 0. The Labute approximate surface area is 63.9 Å². The largest absolute Gasteiger partial charge is 0.391 e. The molecule has 0 aliphatic rings. The Balaban J connectivity index is 3.28. The van der Waals surface area contributed by atoms with Crippen LogP contribution in [0, 0.1) is 0 Å². The zero-order valence-corrected chi connectivity index (χ0v) is 6.46. The van der Waals surface area contributed by atoms with E-state index in [-0.39, 0.29) is 11.2 Å². The minimum Gasteiger partial charge on any atom is -0.391 e. The molecular weight excluding hydrogens is 144 g/mol. The van der Waals surface area contributed by atoms with Crippen molar-refractivity contribution in [2.45, 2.75) is 0 Å². The summed E-state index contributed by atoms with van der Waals surface area (Å²) >= 11 is 0. The SMILES string of the molecule is CN(C)c1nc[nH]c(=O)c1N. The third kappa shape index (κ3) is 1.31. The van der Waals surface area contributed by atoms with Crippen LogP contribution in [0.3, 0.4) is 0 Å². The van der Waals surface area contributed by atoms with E-state index in [1.165, 1.54) is 6.33 Å². The van der Waals surface area contributed by atoms with Crippen molar-refractivity contribution >= 4 is 11.5 Å². The van der Waals surface area contributed by atoms with Crippen molar-refractivity contribution in [3.63, 3.8) is 0 Å². The smallest absolute Gasteiger partial charge is 0.276 e.